The van der Waals surface area contributed by atoms with E-state index in [1.54, 1.807) is 4.68 Å². The number of nitrogens with one attached hydrogen (secondary N) is 1. The van der Waals surface area contributed by atoms with Crippen LogP contribution in [0.3, 0.4) is 0 Å². The number of anilines is 3. The van der Waals surface area contributed by atoms with E-state index in [-0.39, 0.29) is 0 Å². The molecule has 6 heteroatoms. The van der Waals surface area contributed by atoms with Crippen LogP contribution in [-0.4, -0.2) is 20.2 Å². The fraction of sp³-hybridized carbons (Fsp3) is 0. The minimum atomic E-state index is 0.552. The Kier molecular flexibility index (Phi) is 2.82. The zero-order valence-corrected chi connectivity index (χ0v) is 10.1. The van der Waals surface area contributed by atoms with Gasteiger partial charge in [-0.15, -0.1) is 0 Å². The van der Waals surface area contributed by atoms with E-state index in [0.29, 0.717) is 11.6 Å². The van der Waals surface area contributed by atoms with Crippen LogP contribution in [-0.2, 0) is 0 Å². The third kappa shape index (κ3) is 2.37. The van der Waals surface area contributed by atoms with Gasteiger partial charge in [0.25, 0.3) is 5.95 Å². The van der Waals surface area contributed by atoms with Crippen molar-refractivity contribution in [3.8, 4) is 5.69 Å². The first kappa shape index (κ1) is 11.2. The summed E-state index contributed by atoms with van der Waals surface area (Å²) < 4.78 is 1.64. The number of hydrogen-bond acceptors (Lipinski definition) is 5. The number of aromatic nitrogens is 4. The van der Waals surface area contributed by atoms with E-state index in [2.05, 4.69) is 20.8 Å². The highest BCUT2D eigenvalue weighted by molar-refractivity contribution is 5.58. The molecule has 3 N–H and O–H groups in total. The van der Waals surface area contributed by atoms with Gasteiger partial charge in [-0.1, -0.05) is 23.3 Å². The molecule has 3 rings (SSSR count). The third-order valence-electron chi connectivity index (χ3n) is 2.64. The van der Waals surface area contributed by atoms with Crippen LogP contribution in [0, 0.1) is 0 Å². The summed E-state index contributed by atoms with van der Waals surface area (Å²) in [6.07, 6.45) is 0. The van der Waals surface area contributed by atoms with E-state index in [0.717, 1.165) is 11.4 Å². The second-order valence-electron chi connectivity index (χ2n) is 4.00. The monoisotopic (exact) mass is 252 g/mol. The number of hydrogen-bond donors (Lipinski definition) is 2. The van der Waals surface area contributed by atoms with Crippen molar-refractivity contribution >= 4 is 17.3 Å². The van der Waals surface area contributed by atoms with Crippen molar-refractivity contribution in [1.29, 1.82) is 0 Å². The molecule has 0 saturated carbocycles. The van der Waals surface area contributed by atoms with Gasteiger partial charge in [0.2, 0.25) is 0 Å². The maximum atomic E-state index is 5.65. The van der Waals surface area contributed by atoms with Gasteiger partial charge in [0.1, 0.15) is 0 Å². The van der Waals surface area contributed by atoms with Crippen LogP contribution in [0.1, 0.15) is 0 Å². The highest BCUT2D eigenvalue weighted by Gasteiger charge is 2.07. The summed E-state index contributed by atoms with van der Waals surface area (Å²) in [5.41, 5.74) is 8.13. The van der Waals surface area contributed by atoms with Crippen molar-refractivity contribution in [2.75, 3.05) is 11.1 Å². The molecule has 0 atom stereocenters. The molecule has 94 valence electrons. The second kappa shape index (κ2) is 4.77. The molecule has 19 heavy (non-hydrogen) atoms. The van der Waals surface area contributed by atoms with Crippen molar-refractivity contribution in [2.45, 2.75) is 0 Å². The number of rotatable bonds is 3. The van der Waals surface area contributed by atoms with Crippen molar-refractivity contribution in [3.05, 3.63) is 54.6 Å². The van der Waals surface area contributed by atoms with Crippen LogP contribution in [0.5, 0.6) is 0 Å². The molecule has 0 aliphatic carbocycles. The zero-order valence-electron chi connectivity index (χ0n) is 10.1. The van der Waals surface area contributed by atoms with Gasteiger partial charge >= 0.3 is 0 Å². The normalized spacial score (nSPS) is 10.3. The molecule has 0 saturated heterocycles. The molecule has 0 amide bonds. The molecular weight excluding hydrogens is 240 g/mol. The average Bonchev–Trinajstić information content (AvgIpc) is 2.90. The zero-order chi connectivity index (χ0) is 13.1. The summed E-state index contributed by atoms with van der Waals surface area (Å²) in [6.45, 7) is 0. The predicted molar refractivity (Wildman–Crippen MR) is 73.3 cm³/mol. The van der Waals surface area contributed by atoms with Gasteiger partial charge in [-0.3, -0.25) is 0 Å². The summed E-state index contributed by atoms with van der Waals surface area (Å²) in [5, 5.41) is 14.8. The second-order valence-corrected chi connectivity index (χ2v) is 4.00. The minimum absolute atomic E-state index is 0.552. The Morgan fingerprint density at radius 1 is 0.947 bits per heavy atom. The Morgan fingerprint density at radius 3 is 2.42 bits per heavy atom. The predicted octanol–water partition coefficient (Wildman–Crippen LogP) is 1.99. The van der Waals surface area contributed by atoms with Crippen LogP contribution < -0.4 is 11.1 Å². The van der Waals surface area contributed by atoms with E-state index < -0.39 is 0 Å². The van der Waals surface area contributed by atoms with E-state index in [1.807, 2.05) is 54.6 Å². The molecule has 1 aromatic heterocycles. The minimum Gasteiger partial charge on any atom is -0.399 e. The van der Waals surface area contributed by atoms with Gasteiger partial charge in [-0.2, -0.15) is 4.68 Å². The lowest BCUT2D eigenvalue weighted by molar-refractivity contribution is 0.791. The van der Waals surface area contributed by atoms with Crippen molar-refractivity contribution in [3.63, 3.8) is 0 Å². The molecule has 0 aliphatic rings. The molecule has 3 aromatic rings. The van der Waals surface area contributed by atoms with Crippen LogP contribution in [0.15, 0.2) is 54.6 Å². The van der Waals surface area contributed by atoms with Crippen molar-refractivity contribution in [2.24, 2.45) is 0 Å². The Hall–Kier alpha value is -2.89. The quantitative estimate of drug-likeness (QED) is 0.697. The van der Waals surface area contributed by atoms with Crippen LogP contribution in [0.2, 0.25) is 0 Å². The van der Waals surface area contributed by atoms with Crippen molar-refractivity contribution < 1.29 is 0 Å². The Morgan fingerprint density at radius 2 is 1.68 bits per heavy atom. The molecular formula is C13H12N6. The first-order chi connectivity index (χ1) is 9.33. The lowest BCUT2D eigenvalue weighted by atomic mass is 10.3. The average molecular weight is 252 g/mol. The molecule has 6 nitrogen and oxygen atoms in total. The summed E-state index contributed by atoms with van der Waals surface area (Å²) in [4.78, 5) is 0. The van der Waals surface area contributed by atoms with Gasteiger partial charge in [0.05, 0.1) is 5.69 Å². The highest BCUT2D eigenvalue weighted by Crippen LogP contribution is 2.17. The maximum absolute atomic E-state index is 5.65. The van der Waals surface area contributed by atoms with E-state index in [9.17, 15) is 0 Å². The SMILES string of the molecule is Nc1ccc(Nc2nnnn2-c2ccccc2)cc1. The number of nitrogens with zero attached hydrogens (tertiary/aromatic N) is 4. The third-order valence-corrected chi connectivity index (χ3v) is 2.64. The summed E-state index contributed by atoms with van der Waals surface area (Å²) >= 11 is 0. The molecule has 0 bridgehead atoms. The van der Waals surface area contributed by atoms with Gasteiger partial charge < -0.3 is 11.1 Å². The van der Waals surface area contributed by atoms with Gasteiger partial charge in [0, 0.05) is 11.4 Å². The van der Waals surface area contributed by atoms with Crippen molar-refractivity contribution in [1.82, 2.24) is 20.2 Å². The summed E-state index contributed by atoms with van der Waals surface area (Å²) in [5.74, 6) is 0.552. The van der Waals surface area contributed by atoms with Crippen LogP contribution in [0.4, 0.5) is 17.3 Å². The number of benzene rings is 2. The lowest BCUT2D eigenvalue weighted by Gasteiger charge is -2.06. The van der Waals surface area contributed by atoms with Crippen LogP contribution >= 0.6 is 0 Å². The number of para-hydroxylation sites is 1. The topological polar surface area (TPSA) is 81.7 Å². The molecule has 0 fully saturated rings. The van der Waals surface area contributed by atoms with E-state index >= 15 is 0 Å². The summed E-state index contributed by atoms with van der Waals surface area (Å²) in [7, 11) is 0. The summed E-state index contributed by atoms with van der Waals surface area (Å²) in [6, 6.07) is 17.1. The number of nitrogen functional groups attached to an aromatic ring is 1. The first-order valence-corrected chi connectivity index (χ1v) is 5.79. The van der Waals surface area contributed by atoms with Gasteiger partial charge in [0.15, 0.2) is 0 Å². The fourth-order valence-corrected chi connectivity index (χ4v) is 1.70. The first-order valence-electron chi connectivity index (χ1n) is 5.79. The highest BCUT2D eigenvalue weighted by atomic mass is 15.6. The molecule has 0 aliphatic heterocycles. The molecule has 2 aromatic carbocycles. The standard InChI is InChI=1S/C13H12N6/c14-10-6-8-11(9-7-10)15-13-16-17-18-19(13)12-4-2-1-3-5-12/h1-9H,14H2,(H,15,16,18). The molecule has 1 heterocycles. The largest absolute Gasteiger partial charge is 0.399 e. The van der Waals surface area contributed by atoms with Gasteiger partial charge in [-0.05, 0) is 46.8 Å². The molecule has 0 unspecified atom stereocenters. The Bertz CT molecular complexity index is 659. The number of nitrogens with two attached hydrogens (primary N) is 1. The molecule has 0 radical (unpaired) electrons. The number of tetrazole rings is 1. The van der Waals surface area contributed by atoms with Gasteiger partial charge in [-0.25, -0.2) is 0 Å². The Labute approximate surface area is 109 Å². The van der Waals surface area contributed by atoms with E-state index in [1.165, 1.54) is 0 Å². The lowest BCUT2D eigenvalue weighted by Crippen LogP contribution is -2.03. The van der Waals surface area contributed by atoms with Crippen LogP contribution in [0.25, 0.3) is 5.69 Å². The van der Waals surface area contributed by atoms with E-state index in [4.69, 9.17) is 5.73 Å². The fourth-order valence-electron chi connectivity index (χ4n) is 1.70. The maximum Gasteiger partial charge on any atom is 0.252 e. The molecule has 0 spiro atoms. The Balaban J connectivity index is 1.91. The smallest absolute Gasteiger partial charge is 0.252 e.